The molecule has 33 heavy (non-hydrogen) atoms. The molecule has 1 radical (unpaired) electrons. The fourth-order valence-electron chi connectivity index (χ4n) is 4.18. The monoisotopic (exact) mass is 465 g/mol. The van der Waals surface area contributed by atoms with E-state index < -0.39 is 5.82 Å². The van der Waals surface area contributed by atoms with Gasteiger partial charge in [-0.15, -0.1) is 0 Å². The number of ether oxygens (including phenoxy) is 1. The Hall–Kier alpha value is -3.49. The number of anilines is 1. The number of hydrogen-bond acceptors (Lipinski definition) is 7. The van der Waals surface area contributed by atoms with Crippen molar-refractivity contribution in [3.8, 4) is 22.9 Å². The average Bonchev–Trinajstić information content (AvgIpc) is 2.83. The number of nitrogens with one attached hydrogen (secondary N) is 1. The second-order valence-corrected chi connectivity index (χ2v) is 8.07. The van der Waals surface area contributed by atoms with Gasteiger partial charge in [0.25, 0.3) is 0 Å². The van der Waals surface area contributed by atoms with Crippen molar-refractivity contribution >= 4 is 45.4 Å². The van der Waals surface area contributed by atoms with Crippen LogP contribution in [0.25, 0.3) is 32.8 Å². The third-order valence-electron chi connectivity index (χ3n) is 5.63. The minimum atomic E-state index is -0.660. The maximum atomic E-state index is 16.1. The SMILES string of the molecule is O=[C]COc1nc(N2CCNCC2)c2cc(Cl)c(-c3cc(O)cc4ccccc34)c(F)c2n1. The summed E-state index contributed by atoms with van der Waals surface area (Å²) >= 11 is 6.64. The minimum absolute atomic E-state index is 0.00556. The third kappa shape index (κ3) is 3.92. The van der Waals surface area contributed by atoms with Gasteiger partial charge in [-0.05, 0) is 34.5 Å². The van der Waals surface area contributed by atoms with Crippen LogP contribution < -0.4 is 15.0 Å². The summed E-state index contributed by atoms with van der Waals surface area (Å²) in [4.78, 5) is 21.4. The number of phenols is 1. The lowest BCUT2D eigenvalue weighted by Gasteiger charge is -2.29. The number of hydrogen-bond donors (Lipinski definition) is 2. The van der Waals surface area contributed by atoms with E-state index >= 15 is 4.39 Å². The van der Waals surface area contributed by atoms with E-state index in [1.807, 2.05) is 29.2 Å². The van der Waals surface area contributed by atoms with Crippen LogP contribution in [-0.4, -0.2) is 54.1 Å². The van der Waals surface area contributed by atoms with Gasteiger partial charge in [-0.25, -0.2) is 4.39 Å². The largest absolute Gasteiger partial charge is 0.508 e. The van der Waals surface area contributed by atoms with Crippen molar-refractivity contribution in [2.24, 2.45) is 0 Å². The standard InChI is InChI=1S/C24H19ClFN4O3/c25-19-13-18-22(28-24(33-10-9-31)29-23(18)30-7-5-27-6-8-30)21(26)20(19)17-12-15(32)11-14-3-1-2-4-16(14)17/h1-4,11-13,27,32H,5-8,10H2. The molecule has 0 atom stereocenters. The number of aromatic hydroxyl groups is 1. The van der Waals surface area contributed by atoms with Crippen LogP contribution in [0, 0.1) is 5.82 Å². The molecule has 7 nitrogen and oxygen atoms in total. The van der Waals surface area contributed by atoms with Crippen LogP contribution in [0.1, 0.15) is 0 Å². The topological polar surface area (TPSA) is 87.6 Å². The first kappa shape index (κ1) is 21.4. The lowest BCUT2D eigenvalue weighted by atomic mass is 9.96. The van der Waals surface area contributed by atoms with E-state index in [2.05, 4.69) is 15.3 Å². The first-order chi connectivity index (χ1) is 16.1. The fraction of sp³-hybridized carbons (Fsp3) is 0.208. The molecule has 1 saturated heterocycles. The van der Waals surface area contributed by atoms with Crippen LogP contribution in [0.4, 0.5) is 10.2 Å². The van der Waals surface area contributed by atoms with Crippen molar-refractivity contribution in [1.82, 2.24) is 15.3 Å². The highest BCUT2D eigenvalue weighted by Gasteiger charge is 2.24. The zero-order chi connectivity index (χ0) is 22.9. The van der Waals surface area contributed by atoms with Gasteiger partial charge in [0.05, 0.1) is 5.02 Å². The van der Waals surface area contributed by atoms with Crippen molar-refractivity contribution in [3.63, 3.8) is 0 Å². The molecular formula is C24H19ClFN4O3. The molecule has 1 aromatic heterocycles. The summed E-state index contributed by atoms with van der Waals surface area (Å²) in [6.45, 7) is 2.43. The Balaban J connectivity index is 1.78. The second kappa shape index (κ2) is 8.80. The Labute approximate surface area is 193 Å². The second-order valence-electron chi connectivity index (χ2n) is 7.66. The van der Waals surface area contributed by atoms with E-state index in [0.717, 1.165) is 23.9 Å². The van der Waals surface area contributed by atoms with Crippen molar-refractivity contribution < 1.29 is 19.0 Å². The normalized spacial score (nSPS) is 14.1. The van der Waals surface area contributed by atoms with Gasteiger partial charge in [-0.3, -0.25) is 4.79 Å². The number of rotatable bonds is 5. The molecule has 0 bridgehead atoms. The van der Waals surface area contributed by atoms with Gasteiger partial charge in [0.1, 0.15) is 17.1 Å². The highest BCUT2D eigenvalue weighted by molar-refractivity contribution is 6.35. The lowest BCUT2D eigenvalue weighted by Crippen LogP contribution is -2.44. The number of carbonyl (C=O) groups excluding carboxylic acids is 1. The summed E-state index contributed by atoms with van der Waals surface area (Å²) in [5.41, 5.74) is 0.585. The summed E-state index contributed by atoms with van der Waals surface area (Å²) in [6.07, 6.45) is 1.63. The summed E-state index contributed by atoms with van der Waals surface area (Å²) in [6, 6.07) is 12.0. The fourth-order valence-corrected chi connectivity index (χ4v) is 4.48. The third-order valence-corrected chi connectivity index (χ3v) is 5.93. The number of halogens is 2. The Morgan fingerprint density at radius 3 is 2.73 bits per heavy atom. The first-order valence-electron chi connectivity index (χ1n) is 10.4. The lowest BCUT2D eigenvalue weighted by molar-refractivity contribution is 0.337. The summed E-state index contributed by atoms with van der Waals surface area (Å²) < 4.78 is 21.4. The molecular weight excluding hydrogens is 447 g/mol. The molecule has 0 aliphatic carbocycles. The zero-order valence-corrected chi connectivity index (χ0v) is 18.2. The molecule has 1 fully saturated rings. The summed E-state index contributed by atoms with van der Waals surface area (Å²) in [5, 5.41) is 15.6. The number of piperazine rings is 1. The van der Waals surface area contributed by atoms with E-state index in [-0.39, 0.29) is 34.5 Å². The van der Waals surface area contributed by atoms with Crippen molar-refractivity contribution in [2.75, 3.05) is 37.7 Å². The van der Waals surface area contributed by atoms with Crippen LogP contribution in [0.5, 0.6) is 11.8 Å². The number of fused-ring (bicyclic) bond motifs is 2. The molecule has 2 N–H and O–H groups in total. The van der Waals surface area contributed by atoms with Crippen LogP contribution in [0.3, 0.4) is 0 Å². The van der Waals surface area contributed by atoms with E-state index in [4.69, 9.17) is 16.3 Å². The first-order valence-corrected chi connectivity index (χ1v) is 10.8. The van der Waals surface area contributed by atoms with E-state index in [0.29, 0.717) is 29.9 Å². The zero-order valence-electron chi connectivity index (χ0n) is 17.4. The Kier molecular flexibility index (Phi) is 5.70. The molecule has 2 heterocycles. The van der Waals surface area contributed by atoms with E-state index in [9.17, 15) is 9.90 Å². The average molecular weight is 466 g/mol. The molecule has 0 saturated carbocycles. The Morgan fingerprint density at radius 1 is 1.15 bits per heavy atom. The van der Waals surface area contributed by atoms with E-state index in [1.54, 1.807) is 18.4 Å². The molecule has 167 valence electrons. The van der Waals surface area contributed by atoms with Crippen molar-refractivity contribution in [3.05, 3.63) is 53.3 Å². The van der Waals surface area contributed by atoms with Gasteiger partial charge in [0, 0.05) is 37.1 Å². The smallest absolute Gasteiger partial charge is 0.319 e. The number of phenolic OH excluding ortho intramolecular Hbond substituents is 1. The van der Waals surface area contributed by atoms with Gasteiger partial charge in [0.15, 0.2) is 12.4 Å². The van der Waals surface area contributed by atoms with E-state index in [1.165, 1.54) is 6.07 Å². The van der Waals surface area contributed by atoms with Gasteiger partial charge >= 0.3 is 6.01 Å². The molecule has 4 aromatic rings. The van der Waals surface area contributed by atoms with Crippen molar-refractivity contribution in [2.45, 2.75) is 0 Å². The maximum Gasteiger partial charge on any atom is 0.319 e. The minimum Gasteiger partial charge on any atom is -0.508 e. The van der Waals surface area contributed by atoms with Crippen LogP contribution in [0.2, 0.25) is 5.02 Å². The molecule has 3 aromatic carbocycles. The van der Waals surface area contributed by atoms with Gasteiger partial charge in [-0.1, -0.05) is 35.9 Å². The number of benzene rings is 3. The Morgan fingerprint density at radius 2 is 1.94 bits per heavy atom. The molecule has 0 spiro atoms. The highest BCUT2D eigenvalue weighted by Crippen LogP contribution is 2.42. The quantitative estimate of drug-likeness (QED) is 0.463. The van der Waals surface area contributed by atoms with Crippen molar-refractivity contribution in [1.29, 1.82) is 0 Å². The van der Waals surface area contributed by atoms with Crippen LogP contribution in [-0.2, 0) is 4.79 Å². The molecule has 1 aliphatic heterocycles. The Bertz CT molecular complexity index is 1380. The molecule has 9 heteroatoms. The molecule has 5 rings (SSSR count). The molecule has 0 amide bonds. The molecule has 0 unspecified atom stereocenters. The predicted molar refractivity (Wildman–Crippen MR) is 125 cm³/mol. The summed E-state index contributed by atoms with van der Waals surface area (Å²) in [5.74, 6) is -0.184. The highest BCUT2D eigenvalue weighted by atomic mass is 35.5. The van der Waals surface area contributed by atoms with Gasteiger partial charge in [0.2, 0.25) is 6.29 Å². The van der Waals surface area contributed by atoms with Crippen LogP contribution >= 0.6 is 11.6 Å². The molecule has 1 aliphatic rings. The maximum absolute atomic E-state index is 16.1. The van der Waals surface area contributed by atoms with Crippen LogP contribution in [0.15, 0.2) is 42.5 Å². The van der Waals surface area contributed by atoms with Gasteiger partial charge in [-0.2, -0.15) is 9.97 Å². The van der Waals surface area contributed by atoms with Gasteiger partial charge < -0.3 is 20.1 Å². The predicted octanol–water partition coefficient (Wildman–Crippen LogP) is 3.85. The number of aromatic nitrogens is 2. The number of nitrogens with zero attached hydrogens (tertiary/aromatic N) is 3. The summed E-state index contributed by atoms with van der Waals surface area (Å²) in [7, 11) is 0.